The van der Waals surface area contributed by atoms with Gasteiger partial charge in [0.2, 0.25) is 0 Å². The lowest BCUT2D eigenvalue weighted by Crippen LogP contribution is -2.12. The summed E-state index contributed by atoms with van der Waals surface area (Å²) < 4.78 is 6.69. The molecular formula is C15H11Cl2N3O2. The largest absolute Gasteiger partial charge is 0.459 e. The molecule has 0 radical (unpaired) electrons. The molecule has 0 atom stereocenters. The third-order valence-electron chi connectivity index (χ3n) is 2.97. The summed E-state index contributed by atoms with van der Waals surface area (Å²) in [6.07, 6.45) is 3.19. The van der Waals surface area contributed by atoms with E-state index in [1.807, 2.05) is 6.07 Å². The number of amides is 1. The standard InChI is InChI=1S/C15H11Cl2N3O2/c16-11-4-3-10(12(17)8-11)9-20-6-5-14(19-20)18-15(21)13-2-1-7-22-13/h1-8H,9H2,(H,18,19,21). The van der Waals surface area contributed by atoms with Crippen LogP contribution in [0.1, 0.15) is 16.1 Å². The average molecular weight is 336 g/mol. The third-order valence-corrected chi connectivity index (χ3v) is 3.56. The van der Waals surface area contributed by atoms with Gasteiger partial charge in [-0.1, -0.05) is 29.3 Å². The highest BCUT2D eigenvalue weighted by molar-refractivity contribution is 6.35. The minimum Gasteiger partial charge on any atom is -0.459 e. The number of hydrogen-bond donors (Lipinski definition) is 1. The molecular weight excluding hydrogens is 325 g/mol. The van der Waals surface area contributed by atoms with Gasteiger partial charge < -0.3 is 9.73 Å². The molecule has 3 aromatic rings. The second-order valence-corrected chi connectivity index (χ2v) is 5.41. The molecule has 1 aromatic carbocycles. The first-order valence-corrected chi connectivity index (χ1v) is 7.19. The molecule has 22 heavy (non-hydrogen) atoms. The highest BCUT2D eigenvalue weighted by Crippen LogP contribution is 2.21. The van der Waals surface area contributed by atoms with Crippen molar-refractivity contribution in [2.45, 2.75) is 6.54 Å². The van der Waals surface area contributed by atoms with Crippen molar-refractivity contribution in [1.82, 2.24) is 9.78 Å². The van der Waals surface area contributed by atoms with Gasteiger partial charge in [-0.25, -0.2) is 0 Å². The van der Waals surface area contributed by atoms with E-state index in [0.717, 1.165) is 5.56 Å². The quantitative estimate of drug-likeness (QED) is 0.781. The normalized spacial score (nSPS) is 10.6. The van der Waals surface area contributed by atoms with E-state index in [-0.39, 0.29) is 11.7 Å². The van der Waals surface area contributed by atoms with Crippen molar-refractivity contribution >= 4 is 34.9 Å². The summed E-state index contributed by atoms with van der Waals surface area (Å²) in [6.45, 7) is 0.479. The second kappa shape index (κ2) is 6.25. The number of carbonyl (C=O) groups excluding carboxylic acids is 1. The number of rotatable bonds is 4. The molecule has 0 unspecified atom stereocenters. The summed E-state index contributed by atoms with van der Waals surface area (Å²) in [7, 11) is 0. The Bertz CT molecular complexity index is 797. The molecule has 2 heterocycles. The number of hydrogen-bond acceptors (Lipinski definition) is 3. The number of nitrogens with zero attached hydrogens (tertiary/aromatic N) is 2. The lowest BCUT2D eigenvalue weighted by atomic mass is 10.2. The predicted octanol–water partition coefficient (Wildman–Crippen LogP) is 4.08. The summed E-state index contributed by atoms with van der Waals surface area (Å²) >= 11 is 12.0. The van der Waals surface area contributed by atoms with Crippen molar-refractivity contribution < 1.29 is 9.21 Å². The molecule has 0 aliphatic heterocycles. The summed E-state index contributed by atoms with van der Waals surface area (Å²) in [4.78, 5) is 11.8. The van der Waals surface area contributed by atoms with Crippen LogP contribution in [0.4, 0.5) is 5.82 Å². The fourth-order valence-electron chi connectivity index (χ4n) is 1.93. The summed E-state index contributed by atoms with van der Waals surface area (Å²) in [5, 5.41) is 8.08. The monoisotopic (exact) mass is 335 g/mol. The van der Waals surface area contributed by atoms with Crippen LogP contribution in [-0.2, 0) is 6.54 Å². The molecule has 5 nitrogen and oxygen atoms in total. The zero-order valence-corrected chi connectivity index (χ0v) is 12.8. The second-order valence-electron chi connectivity index (χ2n) is 4.57. The Balaban J connectivity index is 1.70. The fourth-order valence-corrected chi connectivity index (χ4v) is 2.39. The Hall–Kier alpha value is -2.24. The van der Waals surface area contributed by atoms with Gasteiger partial charge in [0, 0.05) is 22.3 Å². The van der Waals surface area contributed by atoms with E-state index in [1.165, 1.54) is 6.26 Å². The highest BCUT2D eigenvalue weighted by Gasteiger charge is 2.10. The van der Waals surface area contributed by atoms with Crippen molar-refractivity contribution in [2.24, 2.45) is 0 Å². The average Bonchev–Trinajstić information content (AvgIpc) is 3.13. The first-order valence-electron chi connectivity index (χ1n) is 6.44. The maximum Gasteiger partial charge on any atom is 0.292 e. The van der Waals surface area contributed by atoms with Gasteiger partial charge in [0.05, 0.1) is 12.8 Å². The van der Waals surface area contributed by atoms with Crippen LogP contribution >= 0.6 is 23.2 Å². The van der Waals surface area contributed by atoms with Crippen LogP contribution < -0.4 is 5.32 Å². The summed E-state index contributed by atoms with van der Waals surface area (Å²) in [5.74, 6) is 0.321. The van der Waals surface area contributed by atoms with E-state index >= 15 is 0 Å². The Morgan fingerprint density at radius 2 is 2.14 bits per heavy atom. The van der Waals surface area contributed by atoms with Crippen LogP contribution in [0.15, 0.2) is 53.3 Å². The first-order chi connectivity index (χ1) is 10.6. The number of benzene rings is 1. The van der Waals surface area contributed by atoms with E-state index in [9.17, 15) is 4.79 Å². The number of halogens is 2. The van der Waals surface area contributed by atoms with Gasteiger partial charge in [-0.2, -0.15) is 5.10 Å². The number of nitrogens with one attached hydrogen (secondary N) is 1. The number of furan rings is 1. The van der Waals surface area contributed by atoms with Crippen molar-refractivity contribution in [3.05, 3.63) is 70.2 Å². The van der Waals surface area contributed by atoms with Crippen molar-refractivity contribution in [2.75, 3.05) is 5.32 Å². The zero-order valence-electron chi connectivity index (χ0n) is 11.3. The van der Waals surface area contributed by atoms with Gasteiger partial charge in [0.15, 0.2) is 11.6 Å². The van der Waals surface area contributed by atoms with E-state index in [0.29, 0.717) is 22.4 Å². The first kappa shape index (κ1) is 14.7. The molecule has 0 aliphatic rings. The molecule has 0 saturated carbocycles. The lowest BCUT2D eigenvalue weighted by molar-refractivity contribution is 0.0996. The molecule has 3 rings (SSSR count). The lowest BCUT2D eigenvalue weighted by Gasteiger charge is -2.05. The molecule has 112 valence electrons. The topological polar surface area (TPSA) is 60.1 Å². The van der Waals surface area contributed by atoms with E-state index in [1.54, 1.807) is 41.2 Å². The minimum absolute atomic E-state index is 0.232. The zero-order chi connectivity index (χ0) is 15.5. The number of carbonyl (C=O) groups is 1. The van der Waals surface area contributed by atoms with Gasteiger partial charge in [-0.15, -0.1) is 0 Å². The van der Waals surface area contributed by atoms with Gasteiger partial charge in [0.25, 0.3) is 5.91 Å². The van der Waals surface area contributed by atoms with E-state index in [2.05, 4.69) is 10.4 Å². The van der Waals surface area contributed by atoms with E-state index < -0.39 is 0 Å². The van der Waals surface area contributed by atoms with Crippen LogP contribution in [0.2, 0.25) is 10.0 Å². The third kappa shape index (κ3) is 3.32. The van der Waals surface area contributed by atoms with Crippen molar-refractivity contribution in [3.63, 3.8) is 0 Å². The molecule has 0 bridgehead atoms. The van der Waals surface area contributed by atoms with Gasteiger partial charge >= 0.3 is 0 Å². The number of anilines is 1. The molecule has 0 aliphatic carbocycles. The van der Waals surface area contributed by atoms with Crippen LogP contribution in [0, 0.1) is 0 Å². The predicted molar refractivity (Wildman–Crippen MR) is 84.5 cm³/mol. The minimum atomic E-state index is -0.347. The van der Waals surface area contributed by atoms with Crippen LogP contribution in [0.5, 0.6) is 0 Å². The molecule has 1 amide bonds. The molecule has 7 heteroatoms. The SMILES string of the molecule is O=C(Nc1ccn(Cc2ccc(Cl)cc2Cl)n1)c1ccco1. The number of aromatic nitrogens is 2. The van der Waals surface area contributed by atoms with Gasteiger partial charge in [-0.3, -0.25) is 9.48 Å². The van der Waals surface area contributed by atoms with Crippen molar-refractivity contribution in [3.8, 4) is 0 Å². The molecule has 1 N–H and O–H groups in total. The fraction of sp³-hybridized carbons (Fsp3) is 0.0667. The summed E-state index contributed by atoms with van der Waals surface area (Å²) in [6, 6.07) is 10.2. The Kier molecular flexibility index (Phi) is 4.18. The van der Waals surface area contributed by atoms with Crippen LogP contribution in [-0.4, -0.2) is 15.7 Å². The van der Waals surface area contributed by atoms with E-state index in [4.69, 9.17) is 27.6 Å². The molecule has 2 aromatic heterocycles. The Morgan fingerprint density at radius 1 is 1.27 bits per heavy atom. The maximum atomic E-state index is 11.8. The Morgan fingerprint density at radius 3 is 2.86 bits per heavy atom. The van der Waals surface area contributed by atoms with Crippen LogP contribution in [0.25, 0.3) is 0 Å². The molecule has 0 fully saturated rings. The summed E-state index contributed by atoms with van der Waals surface area (Å²) in [5.41, 5.74) is 0.887. The smallest absolute Gasteiger partial charge is 0.292 e. The maximum absolute atomic E-state index is 11.8. The Labute approximate surface area is 136 Å². The molecule has 0 saturated heterocycles. The highest BCUT2D eigenvalue weighted by atomic mass is 35.5. The van der Waals surface area contributed by atoms with Gasteiger partial charge in [0.1, 0.15) is 0 Å². The molecule has 0 spiro atoms. The van der Waals surface area contributed by atoms with Crippen LogP contribution in [0.3, 0.4) is 0 Å². The van der Waals surface area contributed by atoms with Gasteiger partial charge in [-0.05, 0) is 29.8 Å². The van der Waals surface area contributed by atoms with Crippen molar-refractivity contribution in [1.29, 1.82) is 0 Å².